The molecule has 0 amide bonds. The molecule has 0 saturated heterocycles. The average molecular weight is 156 g/mol. The van der Waals surface area contributed by atoms with Gasteiger partial charge in [-0.3, -0.25) is 0 Å². The van der Waals surface area contributed by atoms with Gasteiger partial charge in [-0.05, 0) is 6.42 Å². The molecule has 0 aliphatic carbocycles. The molecular formula is C4H10O2Zn. The molecule has 0 fully saturated rings. The second kappa shape index (κ2) is 16.2. The van der Waals surface area contributed by atoms with Crippen LogP contribution in [0.3, 0.4) is 0 Å². The van der Waals surface area contributed by atoms with Crippen LogP contribution in [0.2, 0.25) is 0 Å². The number of hydrogen-bond acceptors (Lipinski definition) is 2. The topological polar surface area (TPSA) is 37.3 Å². The molecule has 0 unspecified atom stereocenters. The summed E-state index contributed by atoms with van der Waals surface area (Å²) < 4.78 is 8.38. The standard InChI is InChI=1S/C4H10O.O.Zn/c1-2-3-4-5;;/h5H,2-4H2,1H3;;. The maximum atomic E-state index is 8.38. The Morgan fingerprint density at radius 3 is 2.00 bits per heavy atom. The van der Waals surface area contributed by atoms with E-state index in [1.165, 1.54) is 0 Å². The molecule has 0 spiro atoms. The summed E-state index contributed by atoms with van der Waals surface area (Å²) in [5.74, 6) is 0. The molecular weight excluding hydrogens is 145 g/mol. The van der Waals surface area contributed by atoms with E-state index in [-0.39, 0.29) is 18.3 Å². The number of unbranched alkanes of at least 4 members (excludes halogenated alkanes) is 1. The summed E-state index contributed by atoms with van der Waals surface area (Å²) >= 11 is 0.125. The van der Waals surface area contributed by atoms with Crippen molar-refractivity contribution < 1.29 is 26.9 Å². The Morgan fingerprint density at radius 1 is 1.57 bits per heavy atom. The van der Waals surface area contributed by atoms with Gasteiger partial charge in [-0.2, -0.15) is 0 Å². The fourth-order valence-electron chi connectivity index (χ4n) is 0.158. The van der Waals surface area contributed by atoms with E-state index in [9.17, 15) is 0 Å². The predicted molar refractivity (Wildman–Crippen MR) is 22.7 cm³/mol. The van der Waals surface area contributed by atoms with Gasteiger partial charge < -0.3 is 5.11 Å². The van der Waals surface area contributed by atoms with Crippen LogP contribution in [-0.4, -0.2) is 11.7 Å². The zero-order chi connectivity index (χ0) is 6.12. The Balaban J connectivity index is 0. The fraction of sp³-hybridized carbons (Fsp3) is 1.00. The average Bonchev–Trinajstić information content (AvgIpc) is 1.75. The van der Waals surface area contributed by atoms with E-state index >= 15 is 0 Å². The van der Waals surface area contributed by atoms with E-state index < -0.39 is 0 Å². The van der Waals surface area contributed by atoms with Crippen LogP contribution in [-0.2, 0) is 21.8 Å². The molecule has 40 valence electrons. The summed E-state index contributed by atoms with van der Waals surface area (Å²) in [6.07, 6.45) is 2.04. The summed E-state index contributed by atoms with van der Waals surface area (Å²) in [6.45, 7) is 2.40. The van der Waals surface area contributed by atoms with E-state index in [2.05, 4.69) is 6.92 Å². The van der Waals surface area contributed by atoms with Crippen molar-refractivity contribution in [3.63, 3.8) is 0 Å². The summed E-state index contributed by atoms with van der Waals surface area (Å²) in [6, 6.07) is 0. The van der Waals surface area contributed by atoms with Crippen LogP contribution >= 0.6 is 0 Å². The Bertz CT molecular complexity index is 23.7. The van der Waals surface area contributed by atoms with Crippen molar-refractivity contribution in [1.82, 2.24) is 0 Å². The SMILES string of the molecule is CCCCO.[O]=[Zn]. The third kappa shape index (κ3) is 21.6. The molecule has 0 aliphatic rings. The van der Waals surface area contributed by atoms with Crippen molar-refractivity contribution in [2.24, 2.45) is 0 Å². The fourth-order valence-corrected chi connectivity index (χ4v) is 0.158. The van der Waals surface area contributed by atoms with Crippen molar-refractivity contribution in [3.05, 3.63) is 0 Å². The molecule has 1 N–H and O–H groups in total. The maximum absolute atomic E-state index is 8.38. The Hall–Kier alpha value is 0.383. The Morgan fingerprint density at radius 2 is 2.00 bits per heavy atom. The van der Waals surface area contributed by atoms with Crippen molar-refractivity contribution in [2.75, 3.05) is 6.61 Å². The quantitative estimate of drug-likeness (QED) is 0.595. The van der Waals surface area contributed by atoms with Crippen LogP contribution in [0.1, 0.15) is 19.8 Å². The van der Waals surface area contributed by atoms with Crippen molar-refractivity contribution in [3.8, 4) is 0 Å². The number of aliphatic hydroxyl groups excluding tert-OH is 1. The van der Waals surface area contributed by atoms with Gasteiger partial charge in [0, 0.05) is 6.61 Å². The molecule has 0 atom stereocenters. The predicted octanol–water partition coefficient (Wildman–Crippen LogP) is 0.657. The molecule has 2 nitrogen and oxygen atoms in total. The zero-order valence-corrected chi connectivity index (χ0v) is 7.65. The molecule has 0 rings (SSSR count). The van der Waals surface area contributed by atoms with Crippen LogP contribution in [0.25, 0.3) is 0 Å². The van der Waals surface area contributed by atoms with Crippen molar-refractivity contribution in [1.29, 1.82) is 0 Å². The van der Waals surface area contributed by atoms with Crippen molar-refractivity contribution >= 4 is 0 Å². The van der Waals surface area contributed by atoms with Gasteiger partial charge in [-0.15, -0.1) is 0 Å². The number of hydrogen-bond donors (Lipinski definition) is 1. The van der Waals surface area contributed by atoms with Crippen LogP contribution < -0.4 is 0 Å². The second-order valence-electron chi connectivity index (χ2n) is 1.08. The Labute approximate surface area is 53.9 Å². The van der Waals surface area contributed by atoms with Gasteiger partial charge >= 0.3 is 21.8 Å². The molecule has 7 heavy (non-hydrogen) atoms. The van der Waals surface area contributed by atoms with Crippen LogP contribution in [0.15, 0.2) is 0 Å². The minimum atomic E-state index is 0.125. The first-order valence-electron chi connectivity index (χ1n) is 2.31. The van der Waals surface area contributed by atoms with Crippen LogP contribution in [0.5, 0.6) is 0 Å². The van der Waals surface area contributed by atoms with Gasteiger partial charge in [0.15, 0.2) is 0 Å². The number of rotatable bonds is 2. The van der Waals surface area contributed by atoms with Gasteiger partial charge in [-0.1, -0.05) is 13.3 Å². The first-order chi connectivity index (χ1) is 3.41. The summed E-state index contributed by atoms with van der Waals surface area (Å²) in [7, 11) is 0. The van der Waals surface area contributed by atoms with Gasteiger partial charge in [-0.25, -0.2) is 0 Å². The van der Waals surface area contributed by atoms with Gasteiger partial charge in [0.05, 0.1) is 0 Å². The summed E-state index contributed by atoms with van der Waals surface area (Å²) in [4.78, 5) is 0. The van der Waals surface area contributed by atoms with Crippen molar-refractivity contribution in [2.45, 2.75) is 19.8 Å². The van der Waals surface area contributed by atoms with Gasteiger partial charge in [0.2, 0.25) is 0 Å². The minimum absolute atomic E-state index is 0.125. The third-order valence-corrected chi connectivity index (χ3v) is 0.512. The normalized spacial score (nSPS) is 6.86. The summed E-state index contributed by atoms with van der Waals surface area (Å²) in [5.41, 5.74) is 0. The summed E-state index contributed by atoms with van der Waals surface area (Å²) in [5, 5.41) is 8.07. The van der Waals surface area contributed by atoms with E-state index in [0.29, 0.717) is 6.61 Å². The second-order valence-corrected chi connectivity index (χ2v) is 1.08. The molecule has 3 heteroatoms. The van der Waals surface area contributed by atoms with E-state index in [0.717, 1.165) is 12.8 Å². The van der Waals surface area contributed by atoms with Gasteiger partial charge in [0.25, 0.3) is 0 Å². The zero-order valence-electron chi connectivity index (χ0n) is 4.68. The first-order valence-corrected chi connectivity index (χ1v) is 3.52. The molecule has 0 aromatic rings. The molecule has 0 bridgehead atoms. The van der Waals surface area contributed by atoms with Crippen LogP contribution in [0, 0.1) is 0 Å². The van der Waals surface area contributed by atoms with Crippen LogP contribution in [0.4, 0.5) is 0 Å². The molecule has 0 aromatic heterocycles. The Kier molecular flexibility index (Phi) is 24.0. The molecule has 0 saturated carbocycles. The molecule has 0 radical (unpaired) electrons. The van der Waals surface area contributed by atoms with E-state index in [4.69, 9.17) is 8.68 Å². The van der Waals surface area contributed by atoms with E-state index in [1.807, 2.05) is 0 Å². The first kappa shape index (κ1) is 10.4. The molecule has 0 aromatic carbocycles. The third-order valence-electron chi connectivity index (χ3n) is 0.512. The monoisotopic (exact) mass is 154 g/mol. The van der Waals surface area contributed by atoms with E-state index in [1.54, 1.807) is 0 Å². The van der Waals surface area contributed by atoms with Gasteiger partial charge in [0.1, 0.15) is 0 Å². The molecule has 0 heterocycles. The number of aliphatic hydroxyl groups is 1. The molecule has 0 aliphatic heterocycles.